The molecule has 5 rings (SSSR count). The number of benzene rings is 2. The molecule has 1 fully saturated rings. The van der Waals surface area contributed by atoms with Crippen LogP contribution in [-0.2, 0) is 26.2 Å². The zero-order valence-corrected chi connectivity index (χ0v) is 26.3. The Labute approximate surface area is 241 Å². The van der Waals surface area contributed by atoms with E-state index in [9.17, 15) is 0 Å². The van der Waals surface area contributed by atoms with Gasteiger partial charge in [0.15, 0.2) is 0 Å². The SMILES string of the molecule is C1CC[SiH2]C1.CC1=[C-]C(C)C=C1c1ccccc1.CC1=[C-]C(C)C=C1c1ccccc1.[Cl-].[Cl-].[Zr+4]. The summed E-state index contributed by atoms with van der Waals surface area (Å²) in [7, 11) is 0.543. The van der Waals surface area contributed by atoms with Crippen LogP contribution >= 0.6 is 0 Å². The standard InChI is InChI=1S/2C13H13.C4H10Si.2ClH.Zr/c2*1-10-8-11(2)13(9-10)12-6-4-3-5-7-12;1-2-4-5-3-1;;;/h2*3-7,9-10H,1-2H3;1-5H2;2*1H;/q2*-1;;;;+4/p-2. The molecule has 0 aromatic heterocycles. The van der Waals surface area contributed by atoms with Crippen molar-refractivity contribution < 1.29 is 51.0 Å². The molecule has 178 valence electrons. The summed E-state index contributed by atoms with van der Waals surface area (Å²) in [5.41, 5.74) is 7.84. The Morgan fingerprint density at radius 3 is 1.24 bits per heavy atom. The van der Waals surface area contributed by atoms with Crippen LogP contribution in [0.5, 0.6) is 0 Å². The van der Waals surface area contributed by atoms with Crippen LogP contribution < -0.4 is 24.8 Å². The maximum atomic E-state index is 3.39. The van der Waals surface area contributed by atoms with Crippen LogP contribution in [0.25, 0.3) is 11.1 Å². The maximum absolute atomic E-state index is 3.39. The molecule has 34 heavy (non-hydrogen) atoms. The van der Waals surface area contributed by atoms with E-state index in [0.29, 0.717) is 21.4 Å². The van der Waals surface area contributed by atoms with Gasteiger partial charge in [0.25, 0.3) is 0 Å². The first-order valence-corrected chi connectivity index (χ1v) is 13.8. The summed E-state index contributed by atoms with van der Waals surface area (Å²) < 4.78 is 0. The van der Waals surface area contributed by atoms with Crippen molar-refractivity contribution in [2.45, 2.75) is 52.6 Å². The van der Waals surface area contributed by atoms with E-state index >= 15 is 0 Å². The van der Waals surface area contributed by atoms with Gasteiger partial charge in [0.05, 0.1) is 0 Å². The van der Waals surface area contributed by atoms with Gasteiger partial charge in [-0.2, -0.15) is 23.3 Å². The molecule has 2 aliphatic carbocycles. The fourth-order valence-corrected chi connectivity index (χ4v) is 6.18. The minimum Gasteiger partial charge on any atom is -1.00 e. The van der Waals surface area contributed by atoms with Crippen LogP contribution in [0.2, 0.25) is 12.1 Å². The zero-order valence-electron chi connectivity index (χ0n) is 20.9. The fraction of sp³-hybridized carbons (Fsp3) is 0.333. The monoisotopic (exact) mass is 584 g/mol. The molecule has 1 aliphatic heterocycles. The molecular weight excluding hydrogens is 551 g/mol. The van der Waals surface area contributed by atoms with Gasteiger partial charge in [-0.15, -0.1) is 11.1 Å². The Balaban J connectivity index is 0.000000497. The summed E-state index contributed by atoms with van der Waals surface area (Å²) in [6, 6.07) is 24.3. The van der Waals surface area contributed by atoms with E-state index in [0.717, 1.165) is 0 Å². The second-order valence-electron chi connectivity index (χ2n) is 8.78. The van der Waals surface area contributed by atoms with Gasteiger partial charge < -0.3 is 24.8 Å². The van der Waals surface area contributed by atoms with Crippen molar-refractivity contribution in [2.75, 3.05) is 0 Å². The molecule has 0 N–H and O–H groups in total. The normalized spacial score (nSPS) is 19.8. The van der Waals surface area contributed by atoms with Gasteiger partial charge in [-0.3, -0.25) is 12.2 Å². The molecule has 0 bridgehead atoms. The Kier molecular flexibility index (Phi) is 17.0. The largest absolute Gasteiger partial charge is 4.00 e. The molecular formula is C30H36Cl2SiZr. The van der Waals surface area contributed by atoms with E-state index < -0.39 is 0 Å². The number of hydrogen-bond donors (Lipinski definition) is 0. The quantitative estimate of drug-likeness (QED) is 0.372. The average molecular weight is 587 g/mol. The van der Waals surface area contributed by atoms with E-state index in [2.05, 4.69) is 101 Å². The van der Waals surface area contributed by atoms with Gasteiger partial charge in [-0.05, 0) is 0 Å². The predicted molar refractivity (Wildman–Crippen MR) is 139 cm³/mol. The summed E-state index contributed by atoms with van der Waals surface area (Å²) in [6.07, 6.45) is 14.4. The van der Waals surface area contributed by atoms with Crippen molar-refractivity contribution >= 4 is 20.7 Å². The van der Waals surface area contributed by atoms with Gasteiger partial charge in [-0.1, -0.05) is 125 Å². The van der Waals surface area contributed by atoms with E-state index in [1.807, 2.05) is 12.1 Å². The topological polar surface area (TPSA) is 0 Å². The maximum Gasteiger partial charge on any atom is 4.00 e. The summed E-state index contributed by atoms with van der Waals surface area (Å²) in [6.45, 7) is 8.59. The third-order valence-corrected chi connectivity index (χ3v) is 7.95. The third kappa shape index (κ3) is 10.4. The molecule has 0 spiro atoms. The molecule has 4 heteroatoms. The molecule has 2 aromatic rings. The van der Waals surface area contributed by atoms with Gasteiger partial charge in [0, 0.05) is 9.52 Å². The van der Waals surface area contributed by atoms with Crippen molar-refractivity contribution in [3.05, 3.63) is 107 Å². The van der Waals surface area contributed by atoms with Crippen molar-refractivity contribution in [3.8, 4) is 0 Å². The summed E-state index contributed by atoms with van der Waals surface area (Å²) in [4.78, 5) is 0. The van der Waals surface area contributed by atoms with Gasteiger partial charge >= 0.3 is 26.2 Å². The summed E-state index contributed by atoms with van der Waals surface area (Å²) in [5.74, 6) is 0.936. The Hall–Kier alpha value is -0.920. The van der Waals surface area contributed by atoms with Crippen molar-refractivity contribution in [1.82, 2.24) is 0 Å². The van der Waals surface area contributed by atoms with Crippen LogP contribution in [0.4, 0.5) is 0 Å². The van der Waals surface area contributed by atoms with Crippen LogP contribution in [0.3, 0.4) is 0 Å². The van der Waals surface area contributed by atoms with Gasteiger partial charge in [0.1, 0.15) is 0 Å². The summed E-state index contributed by atoms with van der Waals surface area (Å²) in [5, 5.41) is 0. The van der Waals surface area contributed by atoms with Crippen molar-refractivity contribution in [2.24, 2.45) is 11.8 Å². The van der Waals surface area contributed by atoms with Crippen LogP contribution in [-0.4, -0.2) is 9.52 Å². The molecule has 2 atom stereocenters. The second-order valence-corrected chi connectivity index (χ2v) is 10.9. The molecule has 1 heterocycles. The minimum absolute atomic E-state index is 0. The van der Waals surface area contributed by atoms with Gasteiger partial charge in [0.2, 0.25) is 0 Å². The Morgan fingerprint density at radius 2 is 1.00 bits per heavy atom. The Bertz CT molecular complexity index is 875. The molecule has 2 aromatic carbocycles. The molecule has 0 amide bonds. The predicted octanol–water partition coefficient (Wildman–Crippen LogP) is 1.73. The molecule has 3 aliphatic rings. The van der Waals surface area contributed by atoms with E-state index in [-0.39, 0.29) is 51.0 Å². The van der Waals surface area contributed by atoms with Crippen molar-refractivity contribution in [3.63, 3.8) is 0 Å². The average Bonchev–Trinajstić information content (AvgIpc) is 3.53. The first kappa shape index (κ1) is 33.1. The van der Waals surface area contributed by atoms with Gasteiger partial charge in [-0.25, -0.2) is 11.1 Å². The molecule has 0 saturated carbocycles. The number of allylic oxidation sites excluding steroid dienone is 8. The van der Waals surface area contributed by atoms with E-state index in [1.165, 1.54) is 33.4 Å². The molecule has 2 unspecified atom stereocenters. The zero-order chi connectivity index (χ0) is 22.1. The Morgan fingerprint density at radius 1 is 0.647 bits per heavy atom. The first-order valence-electron chi connectivity index (χ1n) is 11.8. The van der Waals surface area contributed by atoms with Crippen LogP contribution in [0.1, 0.15) is 51.7 Å². The number of hydrogen-bond acceptors (Lipinski definition) is 0. The van der Waals surface area contributed by atoms with E-state index in [4.69, 9.17) is 0 Å². The van der Waals surface area contributed by atoms with Crippen LogP contribution in [0, 0.1) is 24.0 Å². The smallest absolute Gasteiger partial charge is 1.00 e. The molecule has 0 radical (unpaired) electrons. The van der Waals surface area contributed by atoms with Crippen molar-refractivity contribution in [1.29, 1.82) is 0 Å². The first-order chi connectivity index (χ1) is 15.0. The molecule has 1 saturated heterocycles. The fourth-order valence-electron chi connectivity index (χ4n) is 4.42. The minimum atomic E-state index is 0. The second kappa shape index (κ2) is 17.5. The third-order valence-electron chi connectivity index (χ3n) is 5.95. The number of halogens is 2. The summed E-state index contributed by atoms with van der Waals surface area (Å²) >= 11 is 0. The van der Waals surface area contributed by atoms with Crippen LogP contribution in [0.15, 0.2) is 84.0 Å². The van der Waals surface area contributed by atoms with E-state index in [1.54, 1.807) is 24.9 Å². The molecule has 0 nitrogen and oxygen atoms in total. The number of rotatable bonds is 2.